The molecule has 158 valence electrons. The van der Waals surface area contributed by atoms with E-state index in [2.05, 4.69) is 10.6 Å². The lowest BCUT2D eigenvalue weighted by atomic mass is 9.85. The van der Waals surface area contributed by atoms with Crippen LogP contribution in [0.1, 0.15) is 37.3 Å². The van der Waals surface area contributed by atoms with E-state index in [-0.39, 0.29) is 12.5 Å². The fourth-order valence-electron chi connectivity index (χ4n) is 3.59. The molecule has 2 aromatic rings. The van der Waals surface area contributed by atoms with Gasteiger partial charge in [0.15, 0.2) is 0 Å². The van der Waals surface area contributed by atoms with Crippen LogP contribution in [0.4, 0.5) is 4.79 Å². The SMILES string of the molecule is CCCCC1(c2ccccc2)NC(=O)N(CC(=O)NCc2ccc(OC)cc2)C1=O. The number of carbonyl (C=O) groups is 3. The molecule has 0 saturated carbocycles. The summed E-state index contributed by atoms with van der Waals surface area (Å²) >= 11 is 0. The molecular formula is C23H27N3O4. The highest BCUT2D eigenvalue weighted by Gasteiger charge is 2.52. The molecule has 1 unspecified atom stereocenters. The number of hydrogen-bond acceptors (Lipinski definition) is 4. The van der Waals surface area contributed by atoms with E-state index in [0.717, 1.165) is 34.6 Å². The molecule has 1 aliphatic heterocycles. The minimum absolute atomic E-state index is 0.298. The third-order valence-electron chi connectivity index (χ3n) is 5.30. The van der Waals surface area contributed by atoms with E-state index in [1.165, 1.54) is 0 Å². The number of rotatable bonds is 9. The second kappa shape index (κ2) is 9.43. The van der Waals surface area contributed by atoms with Crippen LogP contribution in [0.25, 0.3) is 0 Å². The van der Waals surface area contributed by atoms with E-state index in [1.54, 1.807) is 19.2 Å². The maximum absolute atomic E-state index is 13.3. The monoisotopic (exact) mass is 409 g/mol. The van der Waals surface area contributed by atoms with Gasteiger partial charge in [-0.15, -0.1) is 0 Å². The maximum Gasteiger partial charge on any atom is 0.325 e. The van der Waals surface area contributed by atoms with E-state index in [1.807, 2.05) is 49.4 Å². The van der Waals surface area contributed by atoms with Gasteiger partial charge in [0.2, 0.25) is 5.91 Å². The van der Waals surface area contributed by atoms with Gasteiger partial charge in [0.05, 0.1) is 7.11 Å². The first-order valence-electron chi connectivity index (χ1n) is 10.1. The van der Waals surface area contributed by atoms with Crippen LogP contribution in [0.3, 0.4) is 0 Å². The summed E-state index contributed by atoms with van der Waals surface area (Å²) in [4.78, 5) is 39.3. The van der Waals surface area contributed by atoms with Crippen molar-refractivity contribution in [2.45, 2.75) is 38.3 Å². The first-order valence-corrected chi connectivity index (χ1v) is 10.1. The molecule has 3 rings (SSSR count). The fraction of sp³-hybridized carbons (Fsp3) is 0.348. The summed E-state index contributed by atoms with van der Waals surface area (Å²) in [6.45, 7) is 2.01. The predicted molar refractivity (Wildman–Crippen MR) is 113 cm³/mol. The van der Waals surface area contributed by atoms with Gasteiger partial charge in [-0.1, -0.05) is 62.2 Å². The van der Waals surface area contributed by atoms with Gasteiger partial charge >= 0.3 is 6.03 Å². The first-order chi connectivity index (χ1) is 14.5. The van der Waals surface area contributed by atoms with Crippen molar-refractivity contribution in [1.29, 1.82) is 0 Å². The average Bonchev–Trinajstić information content (AvgIpc) is 3.02. The number of ether oxygens (including phenoxy) is 1. The van der Waals surface area contributed by atoms with Gasteiger partial charge in [0, 0.05) is 6.54 Å². The van der Waals surface area contributed by atoms with Gasteiger partial charge in [-0.05, 0) is 29.7 Å². The molecule has 7 heteroatoms. The summed E-state index contributed by atoms with van der Waals surface area (Å²) in [6.07, 6.45) is 2.15. The molecule has 4 amide bonds. The van der Waals surface area contributed by atoms with Crippen LogP contribution in [-0.4, -0.2) is 36.4 Å². The van der Waals surface area contributed by atoms with Crippen LogP contribution < -0.4 is 15.4 Å². The average molecular weight is 409 g/mol. The van der Waals surface area contributed by atoms with Crippen molar-refractivity contribution in [2.24, 2.45) is 0 Å². The van der Waals surface area contributed by atoms with Crippen LogP contribution >= 0.6 is 0 Å². The molecule has 1 aliphatic rings. The highest BCUT2D eigenvalue weighted by Crippen LogP contribution is 2.34. The van der Waals surface area contributed by atoms with E-state index < -0.39 is 17.5 Å². The summed E-state index contributed by atoms with van der Waals surface area (Å²) in [5.74, 6) is -0.0471. The van der Waals surface area contributed by atoms with Crippen LogP contribution in [-0.2, 0) is 21.7 Å². The number of benzene rings is 2. The number of methoxy groups -OCH3 is 1. The Morgan fingerprint density at radius 1 is 1.10 bits per heavy atom. The van der Waals surface area contributed by atoms with Gasteiger partial charge in [-0.3, -0.25) is 14.5 Å². The Kier molecular flexibility index (Phi) is 6.72. The van der Waals surface area contributed by atoms with Crippen LogP contribution in [0, 0.1) is 0 Å². The second-order valence-corrected chi connectivity index (χ2v) is 7.32. The number of hydrogen-bond donors (Lipinski definition) is 2. The zero-order valence-corrected chi connectivity index (χ0v) is 17.3. The van der Waals surface area contributed by atoms with Crippen molar-refractivity contribution < 1.29 is 19.1 Å². The number of urea groups is 1. The number of amides is 4. The second-order valence-electron chi connectivity index (χ2n) is 7.32. The highest BCUT2D eigenvalue weighted by molar-refractivity contribution is 6.09. The quantitative estimate of drug-likeness (QED) is 0.624. The Labute approximate surface area is 176 Å². The minimum Gasteiger partial charge on any atom is -0.497 e. The number of nitrogens with zero attached hydrogens (tertiary/aromatic N) is 1. The maximum atomic E-state index is 13.3. The van der Waals surface area contributed by atoms with Gasteiger partial charge in [0.25, 0.3) is 5.91 Å². The Morgan fingerprint density at radius 2 is 1.80 bits per heavy atom. The molecule has 1 saturated heterocycles. The van der Waals surface area contributed by atoms with Crippen molar-refractivity contribution in [2.75, 3.05) is 13.7 Å². The van der Waals surface area contributed by atoms with Crippen molar-refractivity contribution in [3.05, 3.63) is 65.7 Å². The number of imide groups is 1. The van der Waals surface area contributed by atoms with Crippen LogP contribution in [0.5, 0.6) is 5.75 Å². The van der Waals surface area contributed by atoms with Crippen molar-refractivity contribution in [1.82, 2.24) is 15.5 Å². The predicted octanol–water partition coefficient (Wildman–Crippen LogP) is 2.95. The van der Waals surface area contributed by atoms with Crippen molar-refractivity contribution in [3.63, 3.8) is 0 Å². The smallest absolute Gasteiger partial charge is 0.325 e. The molecule has 1 heterocycles. The largest absolute Gasteiger partial charge is 0.497 e. The topological polar surface area (TPSA) is 87.7 Å². The Balaban J connectivity index is 1.68. The van der Waals surface area contributed by atoms with Crippen molar-refractivity contribution >= 4 is 17.8 Å². The molecule has 30 heavy (non-hydrogen) atoms. The van der Waals surface area contributed by atoms with Gasteiger partial charge in [-0.25, -0.2) is 4.79 Å². The van der Waals surface area contributed by atoms with Gasteiger partial charge in [0.1, 0.15) is 17.8 Å². The molecule has 2 N–H and O–H groups in total. The normalized spacial score (nSPS) is 18.3. The van der Waals surface area contributed by atoms with E-state index in [4.69, 9.17) is 4.74 Å². The first kappa shape index (κ1) is 21.4. The van der Waals surface area contributed by atoms with E-state index >= 15 is 0 Å². The van der Waals surface area contributed by atoms with Crippen LogP contribution in [0.15, 0.2) is 54.6 Å². The standard InChI is InChI=1S/C23H27N3O4/c1-3-4-14-23(18-8-6-5-7-9-18)21(28)26(22(29)25-23)16-20(27)24-15-17-10-12-19(30-2)13-11-17/h5-13H,3-4,14-16H2,1-2H3,(H,24,27)(H,25,29). The molecule has 2 aromatic carbocycles. The third kappa shape index (κ3) is 4.45. The lowest BCUT2D eigenvalue weighted by molar-refractivity contribution is -0.135. The number of carbonyl (C=O) groups excluding carboxylic acids is 3. The summed E-state index contributed by atoms with van der Waals surface area (Å²) < 4.78 is 5.11. The lowest BCUT2D eigenvalue weighted by Crippen LogP contribution is -2.45. The molecule has 1 fully saturated rings. The summed E-state index contributed by atoms with van der Waals surface area (Å²) in [7, 11) is 1.59. The molecule has 0 spiro atoms. The fourth-order valence-corrected chi connectivity index (χ4v) is 3.59. The van der Waals surface area contributed by atoms with Gasteiger partial charge < -0.3 is 15.4 Å². The lowest BCUT2D eigenvalue weighted by Gasteiger charge is -2.27. The number of unbranched alkanes of at least 4 members (excludes halogenated alkanes) is 1. The highest BCUT2D eigenvalue weighted by atomic mass is 16.5. The molecule has 0 bridgehead atoms. The molecular weight excluding hydrogens is 382 g/mol. The van der Waals surface area contributed by atoms with E-state index in [0.29, 0.717) is 13.0 Å². The summed E-state index contributed by atoms with van der Waals surface area (Å²) in [5.41, 5.74) is 0.505. The zero-order valence-electron chi connectivity index (χ0n) is 17.3. The van der Waals surface area contributed by atoms with Crippen molar-refractivity contribution in [3.8, 4) is 5.75 Å². The Morgan fingerprint density at radius 3 is 2.43 bits per heavy atom. The minimum atomic E-state index is -1.12. The van der Waals surface area contributed by atoms with Crippen LogP contribution in [0.2, 0.25) is 0 Å². The molecule has 7 nitrogen and oxygen atoms in total. The summed E-state index contributed by atoms with van der Waals surface area (Å²) in [6, 6.07) is 16.0. The summed E-state index contributed by atoms with van der Waals surface area (Å²) in [5, 5.41) is 5.61. The van der Waals surface area contributed by atoms with E-state index in [9.17, 15) is 14.4 Å². The third-order valence-corrected chi connectivity index (χ3v) is 5.30. The number of nitrogens with one attached hydrogen (secondary N) is 2. The Bertz CT molecular complexity index is 898. The zero-order chi connectivity index (χ0) is 21.6. The molecule has 0 aromatic heterocycles. The molecule has 0 radical (unpaired) electrons. The molecule has 0 aliphatic carbocycles. The Hall–Kier alpha value is -3.35. The molecule has 1 atom stereocenters. The van der Waals surface area contributed by atoms with Gasteiger partial charge in [-0.2, -0.15) is 0 Å².